The first-order valence-corrected chi connectivity index (χ1v) is 31.2. The van der Waals surface area contributed by atoms with Crippen molar-refractivity contribution in [1.82, 2.24) is 16.0 Å². The summed E-state index contributed by atoms with van der Waals surface area (Å²) in [6.45, 7) is 7.97. The molecule has 0 saturated heterocycles. The molecule has 1 aliphatic carbocycles. The molecule has 2 aromatic carbocycles. The van der Waals surface area contributed by atoms with Crippen molar-refractivity contribution in [3.05, 3.63) is 59.7 Å². The molecule has 2 aromatic rings. The predicted molar refractivity (Wildman–Crippen MR) is 311 cm³/mol. The molecule has 0 radical (unpaired) electrons. The number of carboxylic acid groups (broad SMARTS) is 1. The third-order valence-electron chi connectivity index (χ3n) is 14.7. The molecule has 1 aliphatic rings. The van der Waals surface area contributed by atoms with Gasteiger partial charge in [0.2, 0.25) is 17.7 Å². The Hall–Kier alpha value is -4.14. The fraction of sp³-hybridized carbons (Fsp3) is 0.726. The fourth-order valence-electron chi connectivity index (χ4n) is 10.0. The van der Waals surface area contributed by atoms with Crippen LogP contribution < -0.4 is 21.7 Å². The fourth-order valence-corrected chi connectivity index (χ4v) is 11.1. The highest BCUT2D eigenvalue weighted by molar-refractivity contribution is 7.99. The zero-order chi connectivity index (χ0) is 54.9. The smallest absolute Gasteiger partial charge is 0.407 e. The van der Waals surface area contributed by atoms with Gasteiger partial charge in [0, 0.05) is 37.1 Å². The minimum Gasteiger partial charge on any atom is -0.481 e. The van der Waals surface area contributed by atoms with Gasteiger partial charge < -0.3 is 41.0 Å². The SMILES string of the molecule is CCCCCCCCCCCCCCCCOC[C@H](CSCC(NC(=O)OCC1c2ccccc2-c2ccccc21)C(=O)N[C@@H](CC)C(=O)N[C@H](CCC(=O)O)C(N)=O)OCCCCCCCCCCCCCCCC. The number of alkyl carbamates (subject to hydrolysis) is 1. The number of benzene rings is 2. The van der Waals surface area contributed by atoms with Crippen LogP contribution in [0, 0.1) is 0 Å². The number of nitrogens with one attached hydrogen (secondary N) is 3. The number of aliphatic carboxylic acids is 1. The lowest BCUT2D eigenvalue weighted by molar-refractivity contribution is -0.138. The van der Waals surface area contributed by atoms with Crippen LogP contribution in [0.1, 0.15) is 237 Å². The first-order chi connectivity index (χ1) is 37.1. The third kappa shape index (κ3) is 29.0. The first-order valence-electron chi connectivity index (χ1n) is 30.1. The van der Waals surface area contributed by atoms with E-state index in [-0.39, 0.29) is 43.6 Å². The number of hydrogen-bond donors (Lipinski definition) is 5. The van der Waals surface area contributed by atoms with Crippen molar-refractivity contribution in [2.24, 2.45) is 5.73 Å². The summed E-state index contributed by atoms with van der Waals surface area (Å²) < 4.78 is 18.6. The van der Waals surface area contributed by atoms with Crippen molar-refractivity contribution in [1.29, 1.82) is 0 Å². The van der Waals surface area contributed by atoms with E-state index >= 15 is 0 Å². The maximum Gasteiger partial charge on any atom is 0.407 e. The predicted octanol–water partition coefficient (Wildman–Crippen LogP) is 13.7. The second-order valence-corrected chi connectivity index (χ2v) is 22.3. The Bertz CT molecular complexity index is 1840. The number of carboxylic acids is 1. The van der Waals surface area contributed by atoms with Gasteiger partial charge in [0.1, 0.15) is 24.7 Å². The van der Waals surface area contributed by atoms with Crippen molar-refractivity contribution in [2.75, 3.05) is 37.9 Å². The molecule has 430 valence electrons. The van der Waals surface area contributed by atoms with Crippen molar-refractivity contribution in [2.45, 2.75) is 250 Å². The highest BCUT2D eigenvalue weighted by Gasteiger charge is 2.32. The number of unbranched alkanes of at least 4 members (excludes halogenated alkanes) is 26. The monoisotopic (exact) mass is 1080 g/mol. The summed E-state index contributed by atoms with van der Waals surface area (Å²) in [6, 6.07) is 12.7. The van der Waals surface area contributed by atoms with Gasteiger partial charge in [0.05, 0.1) is 12.7 Å². The van der Waals surface area contributed by atoms with E-state index in [1.54, 1.807) is 6.92 Å². The number of carbonyl (C=O) groups is 5. The quantitative estimate of drug-likeness (QED) is 0.0398. The van der Waals surface area contributed by atoms with Gasteiger partial charge in [-0.1, -0.05) is 236 Å². The average molecular weight is 1080 g/mol. The van der Waals surface area contributed by atoms with Crippen LogP contribution >= 0.6 is 11.8 Å². The molecule has 1 unspecified atom stereocenters. The van der Waals surface area contributed by atoms with Crippen LogP contribution in [0.25, 0.3) is 11.1 Å². The molecule has 0 aromatic heterocycles. The molecule has 14 heteroatoms. The first kappa shape index (κ1) is 66.1. The van der Waals surface area contributed by atoms with Gasteiger partial charge in [0.25, 0.3) is 0 Å². The number of primary amides is 1. The maximum atomic E-state index is 14.1. The van der Waals surface area contributed by atoms with Crippen molar-refractivity contribution in [3.8, 4) is 11.1 Å². The van der Waals surface area contributed by atoms with Gasteiger partial charge in [-0.25, -0.2) is 4.79 Å². The van der Waals surface area contributed by atoms with Gasteiger partial charge >= 0.3 is 12.1 Å². The Morgan fingerprint density at radius 1 is 0.553 bits per heavy atom. The highest BCUT2D eigenvalue weighted by atomic mass is 32.2. The number of hydrogen-bond acceptors (Lipinski definition) is 9. The van der Waals surface area contributed by atoms with Crippen LogP contribution in [-0.2, 0) is 33.4 Å². The second kappa shape index (κ2) is 42.8. The Morgan fingerprint density at radius 3 is 1.45 bits per heavy atom. The number of ether oxygens (including phenoxy) is 3. The van der Waals surface area contributed by atoms with E-state index in [9.17, 15) is 24.0 Å². The van der Waals surface area contributed by atoms with E-state index in [0.29, 0.717) is 25.6 Å². The van der Waals surface area contributed by atoms with Crippen LogP contribution in [-0.4, -0.2) is 97.1 Å². The third-order valence-corrected chi connectivity index (χ3v) is 15.9. The van der Waals surface area contributed by atoms with Crippen LogP contribution in [0.3, 0.4) is 0 Å². The van der Waals surface area contributed by atoms with Gasteiger partial charge in [-0.2, -0.15) is 11.8 Å². The van der Waals surface area contributed by atoms with E-state index in [4.69, 9.17) is 25.1 Å². The molecule has 4 amide bonds. The number of carbonyl (C=O) groups excluding carboxylic acids is 4. The summed E-state index contributed by atoms with van der Waals surface area (Å²) in [5.41, 5.74) is 9.80. The van der Waals surface area contributed by atoms with Crippen LogP contribution in [0.15, 0.2) is 48.5 Å². The van der Waals surface area contributed by atoms with Crippen molar-refractivity contribution in [3.63, 3.8) is 0 Å². The summed E-state index contributed by atoms with van der Waals surface area (Å²) >= 11 is 1.45. The number of amides is 4. The van der Waals surface area contributed by atoms with E-state index in [2.05, 4.69) is 41.9 Å². The summed E-state index contributed by atoms with van der Waals surface area (Å²) in [6.07, 6.45) is 34.6. The lowest BCUT2D eigenvalue weighted by Crippen LogP contribution is -2.56. The van der Waals surface area contributed by atoms with Crippen LogP contribution in [0.5, 0.6) is 0 Å². The van der Waals surface area contributed by atoms with E-state index in [1.807, 2.05) is 36.4 Å². The van der Waals surface area contributed by atoms with E-state index in [0.717, 1.165) is 47.9 Å². The molecule has 0 aliphatic heterocycles. The van der Waals surface area contributed by atoms with Gasteiger partial charge in [-0.15, -0.1) is 0 Å². The molecule has 13 nitrogen and oxygen atoms in total. The Labute approximate surface area is 463 Å². The molecule has 0 heterocycles. The molecule has 6 N–H and O–H groups in total. The van der Waals surface area contributed by atoms with Gasteiger partial charge in [0.15, 0.2) is 0 Å². The number of rotatable bonds is 49. The van der Waals surface area contributed by atoms with E-state index < -0.39 is 47.9 Å². The molecule has 76 heavy (non-hydrogen) atoms. The van der Waals surface area contributed by atoms with Gasteiger partial charge in [-0.3, -0.25) is 19.2 Å². The van der Waals surface area contributed by atoms with Crippen molar-refractivity contribution >= 4 is 41.5 Å². The topological polar surface area (TPSA) is 195 Å². The van der Waals surface area contributed by atoms with Crippen molar-refractivity contribution < 1.29 is 43.3 Å². The summed E-state index contributed by atoms with van der Waals surface area (Å²) in [4.78, 5) is 64.5. The lowest BCUT2D eigenvalue weighted by atomic mass is 9.98. The standard InChI is InChI=1S/C62H102N4O9S/c1-4-7-9-11-13-15-17-19-21-23-25-27-29-35-43-73-45-49(74-44-36-30-28-26-24-22-20-18-16-14-12-10-8-5-2)47-76-48-57(61(71)64-55(6-3)60(70)65-56(59(63)69)41-42-58(67)68)66-62(72)75-46-54-52-39-33-31-37-50(52)51-38-32-34-40-53(51)54/h31-34,37-40,49,54-57H,4-30,35-36,41-48H2,1-3H3,(H2,63,69)(H,64,71)(H,65,70)(H,66,72)(H,67,68)/t49-,55+,56-,57?/m1/s1. The normalized spacial score (nSPS) is 13.6. The zero-order valence-corrected chi connectivity index (χ0v) is 48.2. The molecule has 0 fully saturated rings. The summed E-state index contributed by atoms with van der Waals surface area (Å²) in [5, 5.41) is 17.2. The van der Waals surface area contributed by atoms with Gasteiger partial charge in [-0.05, 0) is 47.9 Å². The molecule has 4 atom stereocenters. The minimum atomic E-state index is -1.24. The highest BCUT2D eigenvalue weighted by Crippen LogP contribution is 2.44. The molecular formula is C62H102N4O9S. The summed E-state index contributed by atoms with van der Waals surface area (Å²) in [5.74, 6) is -2.85. The molecular weight excluding hydrogens is 977 g/mol. The average Bonchev–Trinajstić information content (AvgIpc) is 3.76. The van der Waals surface area contributed by atoms with Crippen LogP contribution in [0.2, 0.25) is 0 Å². The Kier molecular flexibility index (Phi) is 37.3. The molecule has 0 bridgehead atoms. The summed E-state index contributed by atoms with van der Waals surface area (Å²) in [7, 11) is 0. The molecule has 0 saturated carbocycles. The van der Waals surface area contributed by atoms with E-state index in [1.165, 1.54) is 166 Å². The lowest BCUT2D eigenvalue weighted by Gasteiger charge is -2.24. The number of nitrogens with two attached hydrogens (primary N) is 1. The maximum absolute atomic E-state index is 14.1. The number of thioether (sulfide) groups is 1. The largest absolute Gasteiger partial charge is 0.481 e. The minimum absolute atomic E-state index is 0.0536. The molecule has 3 rings (SSSR count). The van der Waals surface area contributed by atoms with Crippen LogP contribution in [0.4, 0.5) is 4.79 Å². The second-order valence-electron chi connectivity index (χ2n) is 21.2. The number of fused-ring (bicyclic) bond motifs is 3. The Balaban J connectivity index is 1.58. The zero-order valence-electron chi connectivity index (χ0n) is 47.4. The Morgan fingerprint density at radius 2 is 0.987 bits per heavy atom. The molecule has 0 spiro atoms.